The molecule has 2 rings (SSSR count). The third-order valence-corrected chi connectivity index (χ3v) is 3.26. The maximum atomic E-state index is 6.34. The molecule has 96 valence electrons. The molecule has 0 aliphatic rings. The van der Waals surface area contributed by atoms with E-state index < -0.39 is 0 Å². The normalized spacial score (nSPS) is 12.7. The SMILES string of the molecule is CCNC(C)c1ccc(-n2cc(C)cn2)cc1Cl. The largest absolute Gasteiger partial charge is 0.310 e. The van der Waals surface area contributed by atoms with Gasteiger partial charge in [-0.3, -0.25) is 0 Å². The predicted octanol–water partition coefficient (Wildman–Crippen LogP) is 3.50. The van der Waals surface area contributed by atoms with E-state index in [1.165, 1.54) is 0 Å². The van der Waals surface area contributed by atoms with Crippen LogP contribution in [-0.2, 0) is 0 Å². The summed E-state index contributed by atoms with van der Waals surface area (Å²) in [6.07, 6.45) is 3.82. The fourth-order valence-electron chi connectivity index (χ4n) is 1.98. The number of aryl methyl sites for hydroxylation is 1. The van der Waals surface area contributed by atoms with E-state index in [4.69, 9.17) is 11.6 Å². The molecule has 0 aliphatic carbocycles. The Hall–Kier alpha value is -1.32. The molecular formula is C14H18ClN3. The molecule has 1 aromatic heterocycles. The number of aromatic nitrogens is 2. The molecule has 1 atom stereocenters. The lowest BCUT2D eigenvalue weighted by Gasteiger charge is -2.15. The van der Waals surface area contributed by atoms with Crippen LogP contribution < -0.4 is 5.32 Å². The van der Waals surface area contributed by atoms with E-state index in [1.54, 1.807) is 0 Å². The molecule has 0 amide bonds. The van der Waals surface area contributed by atoms with Crippen LogP contribution in [0.15, 0.2) is 30.6 Å². The smallest absolute Gasteiger partial charge is 0.0660 e. The molecule has 4 heteroatoms. The molecule has 1 aromatic carbocycles. The van der Waals surface area contributed by atoms with E-state index in [1.807, 2.05) is 36.1 Å². The maximum absolute atomic E-state index is 6.34. The summed E-state index contributed by atoms with van der Waals surface area (Å²) in [6, 6.07) is 6.32. The van der Waals surface area contributed by atoms with E-state index >= 15 is 0 Å². The highest BCUT2D eigenvalue weighted by atomic mass is 35.5. The van der Waals surface area contributed by atoms with Gasteiger partial charge < -0.3 is 5.32 Å². The number of benzene rings is 1. The Labute approximate surface area is 113 Å². The van der Waals surface area contributed by atoms with Crippen LogP contribution in [0.4, 0.5) is 0 Å². The molecular weight excluding hydrogens is 246 g/mol. The quantitative estimate of drug-likeness (QED) is 0.915. The number of nitrogens with one attached hydrogen (secondary N) is 1. The van der Waals surface area contributed by atoms with Crippen molar-refractivity contribution in [1.82, 2.24) is 15.1 Å². The Balaban J connectivity index is 2.30. The Morgan fingerprint density at radius 3 is 2.78 bits per heavy atom. The molecule has 2 aromatic rings. The molecule has 18 heavy (non-hydrogen) atoms. The van der Waals surface area contributed by atoms with E-state index in [-0.39, 0.29) is 6.04 Å². The van der Waals surface area contributed by atoms with Gasteiger partial charge in [0.15, 0.2) is 0 Å². The van der Waals surface area contributed by atoms with Gasteiger partial charge >= 0.3 is 0 Å². The van der Waals surface area contributed by atoms with E-state index in [2.05, 4.69) is 30.3 Å². The minimum Gasteiger partial charge on any atom is -0.310 e. The second-order valence-electron chi connectivity index (χ2n) is 4.45. The minimum absolute atomic E-state index is 0.260. The van der Waals surface area contributed by atoms with Gasteiger partial charge in [-0.25, -0.2) is 4.68 Å². The Morgan fingerprint density at radius 2 is 2.22 bits per heavy atom. The fraction of sp³-hybridized carbons (Fsp3) is 0.357. The van der Waals surface area contributed by atoms with Gasteiger partial charge in [-0.2, -0.15) is 5.10 Å². The van der Waals surface area contributed by atoms with Crippen molar-refractivity contribution in [2.45, 2.75) is 26.8 Å². The van der Waals surface area contributed by atoms with E-state index in [0.29, 0.717) is 0 Å². The zero-order valence-corrected chi connectivity index (χ0v) is 11.7. The van der Waals surface area contributed by atoms with Crippen LogP contribution in [0, 0.1) is 6.92 Å². The Kier molecular flexibility index (Phi) is 4.04. The van der Waals surface area contributed by atoms with Crippen molar-refractivity contribution in [3.8, 4) is 5.69 Å². The summed E-state index contributed by atoms with van der Waals surface area (Å²) < 4.78 is 1.84. The molecule has 1 N–H and O–H groups in total. The van der Waals surface area contributed by atoms with Gasteiger partial charge in [0, 0.05) is 17.3 Å². The van der Waals surface area contributed by atoms with Crippen molar-refractivity contribution >= 4 is 11.6 Å². The molecule has 0 bridgehead atoms. The standard InChI is InChI=1S/C14H18ClN3/c1-4-16-11(3)13-6-5-12(7-14(13)15)18-9-10(2)8-17-18/h5-9,11,16H,4H2,1-3H3. The highest BCUT2D eigenvalue weighted by molar-refractivity contribution is 6.31. The van der Waals surface area contributed by atoms with Gasteiger partial charge in [0.1, 0.15) is 0 Å². The number of nitrogens with zero attached hydrogens (tertiary/aromatic N) is 2. The van der Waals surface area contributed by atoms with Gasteiger partial charge in [-0.05, 0) is 43.7 Å². The third kappa shape index (κ3) is 2.74. The van der Waals surface area contributed by atoms with Crippen molar-refractivity contribution in [2.24, 2.45) is 0 Å². The van der Waals surface area contributed by atoms with Gasteiger partial charge in [-0.15, -0.1) is 0 Å². The predicted molar refractivity (Wildman–Crippen MR) is 75.4 cm³/mol. The molecule has 0 radical (unpaired) electrons. The van der Waals surface area contributed by atoms with Crippen LogP contribution in [-0.4, -0.2) is 16.3 Å². The summed E-state index contributed by atoms with van der Waals surface area (Å²) in [6.45, 7) is 7.15. The summed E-state index contributed by atoms with van der Waals surface area (Å²) in [5.74, 6) is 0. The zero-order valence-electron chi connectivity index (χ0n) is 10.9. The lowest BCUT2D eigenvalue weighted by molar-refractivity contribution is 0.598. The summed E-state index contributed by atoms with van der Waals surface area (Å²) in [7, 11) is 0. The highest BCUT2D eigenvalue weighted by Gasteiger charge is 2.09. The van der Waals surface area contributed by atoms with Crippen LogP contribution in [0.5, 0.6) is 0 Å². The third-order valence-electron chi connectivity index (χ3n) is 2.94. The van der Waals surface area contributed by atoms with Crippen LogP contribution in [0.1, 0.15) is 31.0 Å². The number of hydrogen-bond acceptors (Lipinski definition) is 2. The average molecular weight is 264 g/mol. The van der Waals surface area contributed by atoms with Crippen molar-refractivity contribution < 1.29 is 0 Å². The first-order valence-corrected chi connectivity index (χ1v) is 6.54. The molecule has 1 unspecified atom stereocenters. The van der Waals surface area contributed by atoms with E-state index in [0.717, 1.165) is 28.4 Å². The van der Waals surface area contributed by atoms with Crippen molar-refractivity contribution in [1.29, 1.82) is 0 Å². The second kappa shape index (κ2) is 5.55. The minimum atomic E-state index is 0.260. The highest BCUT2D eigenvalue weighted by Crippen LogP contribution is 2.25. The molecule has 0 saturated carbocycles. The topological polar surface area (TPSA) is 29.9 Å². The van der Waals surface area contributed by atoms with Gasteiger partial charge in [0.2, 0.25) is 0 Å². The molecule has 0 fully saturated rings. The summed E-state index contributed by atoms with van der Waals surface area (Å²) in [5, 5.41) is 8.41. The summed E-state index contributed by atoms with van der Waals surface area (Å²) in [5.41, 5.74) is 3.24. The van der Waals surface area contributed by atoms with Crippen LogP contribution in [0.3, 0.4) is 0 Å². The van der Waals surface area contributed by atoms with Gasteiger partial charge in [0.05, 0.1) is 11.9 Å². The summed E-state index contributed by atoms with van der Waals surface area (Å²) in [4.78, 5) is 0. The van der Waals surface area contributed by atoms with Crippen molar-refractivity contribution in [3.05, 3.63) is 46.7 Å². The molecule has 0 saturated heterocycles. The number of hydrogen-bond donors (Lipinski definition) is 1. The first-order valence-electron chi connectivity index (χ1n) is 6.16. The lowest BCUT2D eigenvalue weighted by Crippen LogP contribution is -2.18. The lowest BCUT2D eigenvalue weighted by atomic mass is 10.1. The van der Waals surface area contributed by atoms with E-state index in [9.17, 15) is 0 Å². The summed E-state index contributed by atoms with van der Waals surface area (Å²) >= 11 is 6.34. The first-order chi connectivity index (χ1) is 8.61. The maximum Gasteiger partial charge on any atom is 0.0660 e. The average Bonchev–Trinajstić information content (AvgIpc) is 2.76. The first kappa shape index (κ1) is 13.1. The monoisotopic (exact) mass is 263 g/mol. The molecule has 0 aliphatic heterocycles. The number of halogens is 1. The van der Waals surface area contributed by atoms with Crippen LogP contribution in [0.2, 0.25) is 5.02 Å². The van der Waals surface area contributed by atoms with Crippen molar-refractivity contribution in [3.63, 3.8) is 0 Å². The van der Waals surface area contributed by atoms with Crippen LogP contribution in [0.25, 0.3) is 5.69 Å². The number of rotatable bonds is 4. The molecule has 1 heterocycles. The molecule has 0 spiro atoms. The Morgan fingerprint density at radius 1 is 1.44 bits per heavy atom. The molecule has 3 nitrogen and oxygen atoms in total. The van der Waals surface area contributed by atoms with Gasteiger partial charge in [-0.1, -0.05) is 24.6 Å². The second-order valence-corrected chi connectivity index (χ2v) is 4.85. The van der Waals surface area contributed by atoms with Gasteiger partial charge in [0.25, 0.3) is 0 Å². The Bertz CT molecular complexity index is 534. The van der Waals surface area contributed by atoms with Crippen molar-refractivity contribution in [2.75, 3.05) is 6.54 Å². The zero-order chi connectivity index (χ0) is 13.1. The van der Waals surface area contributed by atoms with Crippen LogP contribution >= 0.6 is 11.6 Å². The fourth-order valence-corrected chi connectivity index (χ4v) is 2.32.